The number of imidazole rings is 1. The van der Waals surface area contributed by atoms with Crippen molar-refractivity contribution < 1.29 is 23.4 Å². The fourth-order valence-corrected chi connectivity index (χ4v) is 6.32. The SMILES string of the molecule is CN(C[C@H]1CC(n2ccc3c(N)ncnc32)[C@H](O)[C@@H]1O)[C@H]1C[C@@H](CCc2nc3cc(C(F)(F)F)ccc3[nH]2)C1. The number of anilines is 1. The van der Waals surface area contributed by atoms with Crippen LogP contribution in [-0.4, -0.2) is 71.5 Å². The summed E-state index contributed by atoms with van der Waals surface area (Å²) in [4.78, 5) is 18.1. The second-order valence-electron chi connectivity index (χ2n) is 11.1. The fourth-order valence-electron chi connectivity index (χ4n) is 6.32. The number of fused-ring (bicyclic) bond motifs is 2. The van der Waals surface area contributed by atoms with Crippen LogP contribution in [0.2, 0.25) is 0 Å². The molecule has 5 N–H and O–H groups in total. The van der Waals surface area contributed by atoms with E-state index in [1.165, 1.54) is 12.4 Å². The van der Waals surface area contributed by atoms with Crippen LogP contribution in [0.4, 0.5) is 19.0 Å². The highest BCUT2D eigenvalue weighted by Gasteiger charge is 2.44. The number of aliphatic hydroxyl groups is 2. The van der Waals surface area contributed by atoms with E-state index in [2.05, 4.69) is 31.9 Å². The van der Waals surface area contributed by atoms with Crippen LogP contribution in [-0.2, 0) is 12.6 Å². The highest BCUT2D eigenvalue weighted by Crippen LogP contribution is 2.40. The maximum atomic E-state index is 13.0. The number of hydrogen-bond donors (Lipinski definition) is 4. The van der Waals surface area contributed by atoms with Crippen LogP contribution in [0, 0.1) is 11.8 Å². The molecule has 1 aromatic carbocycles. The third kappa shape index (κ3) is 4.85. The average molecular weight is 544 g/mol. The molecule has 4 aromatic rings. The molecule has 0 aliphatic heterocycles. The molecule has 4 atom stereocenters. The first-order valence-corrected chi connectivity index (χ1v) is 13.3. The molecule has 9 nitrogen and oxygen atoms in total. The molecule has 3 aromatic heterocycles. The van der Waals surface area contributed by atoms with E-state index in [4.69, 9.17) is 5.73 Å². The predicted octanol–water partition coefficient (Wildman–Crippen LogP) is 3.53. The first-order valence-electron chi connectivity index (χ1n) is 13.3. The molecular formula is C27H32F3N7O2. The largest absolute Gasteiger partial charge is 0.416 e. The number of nitrogens with zero attached hydrogens (tertiary/aromatic N) is 5. The van der Waals surface area contributed by atoms with Gasteiger partial charge in [0.2, 0.25) is 0 Å². The van der Waals surface area contributed by atoms with Gasteiger partial charge in [0.1, 0.15) is 29.7 Å². The Hall–Kier alpha value is -3.22. The molecule has 2 aliphatic rings. The molecule has 39 heavy (non-hydrogen) atoms. The van der Waals surface area contributed by atoms with Crippen LogP contribution in [0.15, 0.2) is 36.8 Å². The van der Waals surface area contributed by atoms with Gasteiger partial charge in [0.25, 0.3) is 0 Å². The van der Waals surface area contributed by atoms with Gasteiger partial charge in [0, 0.05) is 31.1 Å². The summed E-state index contributed by atoms with van der Waals surface area (Å²) in [7, 11) is 2.06. The van der Waals surface area contributed by atoms with Gasteiger partial charge in [0.05, 0.1) is 34.1 Å². The second kappa shape index (κ2) is 9.76. The van der Waals surface area contributed by atoms with Crippen molar-refractivity contribution in [2.75, 3.05) is 19.3 Å². The molecule has 12 heteroatoms. The number of H-pyrrole nitrogens is 1. The fraction of sp³-hybridized carbons (Fsp3) is 0.519. The van der Waals surface area contributed by atoms with Crippen LogP contribution in [0.25, 0.3) is 22.1 Å². The van der Waals surface area contributed by atoms with Gasteiger partial charge >= 0.3 is 6.18 Å². The highest BCUT2D eigenvalue weighted by molar-refractivity contribution is 5.86. The third-order valence-electron chi connectivity index (χ3n) is 8.67. The number of nitrogens with two attached hydrogens (primary N) is 1. The maximum Gasteiger partial charge on any atom is 0.416 e. The van der Waals surface area contributed by atoms with Crippen molar-refractivity contribution in [3.8, 4) is 0 Å². The molecule has 0 amide bonds. The summed E-state index contributed by atoms with van der Waals surface area (Å²) in [6.07, 6.45) is 1.38. The zero-order chi connectivity index (χ0) is 27.5. The lowest BCUT2D eigenvalue weighted by atomic mass is 9.76. The minimum atomic E-state index is -4.38. The molecule has 0 radical (unpaired) electrons. The van der Waals surface area contributed by atoms with E-state index in [1.54, 1.807) is 0 Å². The van der Waals surface area contributed by atoms with Gasteiger partial charge in [-0.15, -0.1) is 0 Å². The Kier molecular flexibility index (Phi) is 6.51. The Morgan fingerprint density at radius 2 is 1.92 bits per heavy atom. The number of hydrogen-bond acceptors (Lipinski definition) is 7. The van der Waals surface area contributed by atoms with Crippen molar-refractivity contribution in [2.24, 2.45) is 11.8 Å². The van der Waals surface area contributed by atoms with Gasteiger partial charge in [-0.3, -0.25) is 0 Å². The van der Waals surface area contributed by atoms with Gasteiger partial charge in [-0.2, -0.15) is 13.2 Å². The number of aliphatic hydroxyl groups excluding tert-OH is 2. The Morgan fingerprint density at radius 3 is 2.69 bits per heavy atom. The Labute approximate surface area is 222 Å². The Morgan fingerprint density at radius 1 is 1.13 bits per heavy atom. The molecule has 6 rings (SSSR count). The van der Waals surface area contributed by atoms with E-state index in [1.807, 2.05) is 16.8 Å². The lowest BCUT2D eigenvalue weighted by Gasteiger charge is -2.42. The van der Waals surface area contributed by atoms with Crippen molar-refractivity contribution in [2.45, 2.75) is 62.6 Å². The number of halogens is 3. The lowest BCUT2D eigenvalue weighted by Crippen LogP contribution is -2.46. The van der Waals surface area contributed by atoms with Crippen molar-refractivity contribution >= 4 is 27.9 Å². The summed E-state index contributed by atoms with van der Waals surface area (Å²) in [6, 6.07) is 5.53. The Balaban J connectivity index is 1.01. The summed E-state index contributed by atoms with van der Waals surface area (Å²) in [6.45, 7) is 0.674. The van der Waals surface area contributed by atoms with Gasteiger partial charge in [-0.25, -0.2) is 15.0 Å². The Bertz CT molecular complexity index is 1480. The summed E-state index contributed by atoms with van der Waals surface area (Å²) in [5, 5.41) is 22.4. The van der Waals surface area contributed by atoms with Crippen LogP contribution in [0.1, 0.15) is 43.1 Å². The average Bonchev–Trinajstić information content (AvgIpc) is 3.54. The number of alkyl halides is 3. The topological polar surface area (TPSA) is 129 Å². The number of aromatic amines is 1. The molecule has 1 unspecified atom stereocenters. The van der Waals surface area contributed by atoms with E-state index in [-0.39, 0.29) is 12.0 Å². The summed E-state index contributed by atoms with van der Waals surface area (Å²) >= 11 is 0. The normalized spacial score (nSPS) is 27.6. The van der Waals surface area contributed by atoms with Crippen LogP contribution < -0.4 is 5.73 Å². The molecule has 0 spiro atoms. The summed E-state index contributed by atoms with van der Waals surface area (Å²) in [5.74, 6) is 1.53. The standard InChI is InChI=1S/C27H32F3N7O2/c1-36(12-15-10-21(24(39)23(15)38)37-7-6-18-25(31)32-13-33-26(18)37)17-8-14(9-17)2-5-22-34-19-4-3-16(27(28,29)30)11-20(19)35-22/h3-4,6-7,11,13-15,17,21,23-24,38-39H,2,5,8-10,12H2,1H3,(H,34,35)(H2,31,32,33)/t14-,15-,17+,21?,23-,24+/m1/s1. The monoisotopic (exact) mass is 543 g/mol. The van der Waals surface area contributed by atoms with E-state index >= 15 is 0 Å². The molecule has 2 aliphatic carbocycles. The number of rotatable bonds is 7. The summed E-state index contributed by atoms with van der Waals surface area (Å²) in [5.41, 5.74) is 6.87. The quantitative estimate of drug-likeness (QED) is 0.281. The number of benzene rings is 1. The van der Waals surface area contributed by atoms with Crippen molar-refractivity contribution in [3.05, 3.63) is 48.2 Å². The van der Waals surface area contributed by atoms with E-state index in [0.717, 1.165) is 36.8 Å². The minimum Gasteiger partial charge on any atom is -0.390 e. The highest BCUT2D eigenvalue weighted by atomic mass is 19.4. The van der Waals surface area contributed by atoms with Crippen LogP contribution >= 0.6 is 0 Å². The lowest BCUT2D eigenvalue weighted by molar-refractivity contribution is -0.137. The maximum absolute atomic E-state index is 13.0. The molecular weight excluding hydrogens is 511 g/mol. The number of aromatic nitrogens is 5. The molecule has 2 fully saturated rings. The molecule has 2 saturated carbocycles. The van der Waals surface area contributed by atoms with Crippen LogP contribution in [0.5, 0.6) is 0 Å². The van der Waals surface area contributed by atoms with Gasteiger partial charge < -0.3 is 30.4 Å². The summed E-state index contributed by atoms with van der Waals surface area (Å²) < 4.78 is 40.8. The second-order valence-corrected chi connectivity index (χ2v) is 11.1. The van der Waals surface area contributed by atoms with E-state index in [0.29, 0.717) is 59.7 Å². The minimum absolute atomic E-state index is 0.0807. The molecule has 208 valence electrons. The van der Waals surface area contributed by atoms with Crippen LogP contribution in [0.3, 0.4) is 0 Å². The first kappa shape index (κ1) is 26.0. The van der Waals surface area contributed by atoms with E-state index in [9.17, 15) is 23.4 Å². The zero-order valence-corrected chi connectivity index (χ0v) is 21.5. The molecule has 0 bridgehead atoms. The van der Waals surface area contributed by atoms with E-state index < -0.39 is 23.9 Å². The van der Waals surface area contributed by atoms with Gasteiger partial charge in [-0.05, 0) is 62.9 Å². The van der Waals surface area contributed by atoms with Crippen molar-refractivity contribution in [1.82, 2.24) is 29.4 Å². The third-order valence-corrected chi connectivity index (χ3v) is 8.67. The predicted molar refractivity (Wildman–Crippen MR) is 140 cm³/mol. The van der Waals surface area contributed by atoms with Gasteiger partial charge in [0.15, 0.2) is 0 Å². The first-order chi connectivity index (χ1) is 18.6. The number of aryl methyl sites for hydroxylation is 1. The number of nitrogen functional groups attached to an aromatic ring is 1. The molecule has 3 heterocycles. The van der Waals surface area contributed by atoms with Crippen molar-refractivity contribution in [3.63, 3.8) is 0 Å². The molecule has 0 saturated heterocycles. The smallest absolute Gasteiger partial charge is 0.390 e. The van der Waals surface area contributed by atoms with Gasteiger partial charge in [-0.1, -0.05) is 0 Å². The number of nitrogens with one attached hydrogen (secondary N) is 1. The zero-order valence-electron chi connectivity index (χ0n) is 21.5. The van der Waals surface area contributed by atoms with Crippen molar-refractivity contribution in [1.29, 1.82) is 0 Å².